The first-order valence-electron chi connectivity index (χ1n) is 3.63. The van der Waals surface area contributed by atoms with E-state index >= 15 is 0 Å². The van der Waals surface area contributed by atoms with Gasteiger partial charge in [-0.1, -0.05) is 13.3 Å². The minimum atomic E-state index is -0.865. The fourth-order valence-electron chi connectivity index (χ4n) is 1.32. The van der Waals surface area contributed by atoms with Gasteiger partial charge in [-0.05, 0) is 18.8 Å². The lowest BCUT2D eigenvalue weighted by Crippen LogP contribution is -2.35. The number of carboxylic acids is 1. The summed E-state index contributed by atoms with van der Waals surface area (Å²) in [5, 5.41) is 8.58. The van der Waals surface area contributed by atoms with Gasteiger partial charge in [0.15, 0.2) is 0 Å². The zero-order valence-corrected chi connectivity index (χ0v) is 6.13. The molecule has 2 atom stereocenters. The van der Waals surface area contributed by atoms with Crippen LogP contribution in [0.2, 0.25) is 0 Å². The SMILES string of the molecule is CCCC1CC1(N)C(=O)O. The lowest BCUT2D eigenvalue weighted by molar-refractivity contribution is -0.140. The molecular weight excluding hydrogens is 130 g/mol. The van der Waals surface area contributed by atoms with Crippen LogP contribution in [0.15, 0.2) is 0 Å². The van der Waals surface area contributed by atoms with E-state index in [1.54, 1.807) is 0 Å². The average Bonchev–Trinajstić information content (AvgIpc) is 2.45. The molecule has 0 heterocycles. The molecule has 3 N–H and O–H groups in total. The average molecular weight is 143 g/mol. The molecule has 0 amide bonds. The Morgan fingerprint density at radius 2 is 2.50 bits per heavy atom. The van der Waals surface area contributed by atoms with Crippen LogP contribution in [0.4, 0.5) is 0 Å². The highest BCUT2D eigenvalue weighted by molar-refractivity contribution is 5.82. The first-order valence-corrected chi connectivity index (χ1v) is 3.63. The molecule has 10 heavy (non-hydrogen) atoms. The van der Waals surface area contributed by atoms with E-state index in [9.17, 15) is 4.79 Å². The number of hydrogen-bond acceptors (Lipinski definition) is 2. The second kappa shape index (κ2) is 2.23. The van der Waals surface area contributed by atoms with Crippen molar-refractivity contribution in [2.45, 2.75) is 31.7 Å². The van der Waals surface area contributed by atoms with Gasteiger partial charge in [-0.2, -0.15) is 0 Å². The Bertz CT molecular complexity index is 158. The van der Waals surface area contributed by atoms with Gasteiger partial charge in [-0.3, -0.25) is 4.79 Å². The maximum absolute atomic E-state index is 10.4. The lowest BCUT2D eigenvalue weighted by Gasteiger charge is -2.02. The molecule has 1 saturated carbocycles. The van der Waals surface area contributed by atoms with Gasteiger partial charge in [0, 0.05) is 0 Å². The van der Waals surface area contributed by atoms with Crippen molar-refractivity contribution in [2.75, 3.05) is 0 Å². The van der Waals surface area contributed by atoms with Crippen molar-refractivity contribution in [1.82, 2.24) is 0 Å². The summed E-state index contributed by atoms with van der Waals surface area (Å²) in [6, 6.07) is 0. The van der Waals surface area contributed by atoms with Gasteiger partial charge >= 0.3 is 5.97 Å². The molecule has 0 radical (unpaired) electrons. The van der Waals surface area contributed by atoms with Crippen LogP contribution in [0.1, 0.15) is 26.2 Å². The van der Waals surface area contributed by atoms with Crippen molar-refractivity contribution in [2.24, 2.45) is 11.7 Å². The lowest BCUT2D eigenvalue weighted by atomic mass is 10.1. The zero-order chi connectivity index (χ0) is 7.78. The van der Waals surface area contributed by atoms with Crippen molar-refractivity contribution in [3.63, 3.8) is 0 Å². The van der Waals surface area contributed by atoms with E-state index in [1.165, 1.54) is 0 Å². The van der Waals surface area contributed by atoms with Crippen LogP contribution in [-0.4, -0.2) is 16.6 Å². The topological polar surface area (TPSA) is 63.3 Å². The molecule has 0 spiro atoms. The fraction of sp³-hybridized carbons (Fsp3) is 0.857. The molecule has 1 fully saturated rings. The van der Waals surface area contributed by atoms with E-state index in [4.69, 9.17) is 10.8 Å². The van der Waals surface area contributed by atoms with E-state index in [1.807, 2.05) is 6.92 Å². The van der Waals surface area contributed by atoms with Gasteiger partial charge in [-0.25, -0.2) is 0 Å². The molecule has 1 aliphatic carbocycles. The summed E-state index contributed by atoms with van der Waals surface area (Å²) >= 11 is 0. The van der Waals surface area contributed by atoms with Crippen LogP contribution < -0.4 is 5.73 Å². The Labute approximate surface area is 60.2 Å². The normalized spacial score (nSPS) is 37.6. The first kappa shape index (κ1) is 7.54. The largest absolute Gasteiger partial charge is 0.480 e. The molecule has 1 aliphatic rings. The molecular formula is C7H13NO2. The second-order valence-corrected chi connectivity index (χ2v) is 3.04. The monoisotopic (exact) mass is 143 g/mol. The van der Waals surface area contributed by atoms with Crippen LogP contribution in [0.3, 0.4) is 0 Å². The van der Waals surface area contributed by atoms with Gasteiger partial charge in [-0.15, -0.1) is 0 Å². The summed E-state index contributed by atoms with van der Waals surface area (Å²) in [5.74, 6) is -0.610. The third-order valence-electron chi connectivity index (χ3n) is 2.19. The Balaban J connectivity index is 2.40. The maximum Gasteiger partial charge on any atom is 0.323 e. The van der Waals surface area contributed by atoms with E-state index in [0.717, 1.165) is 12.8 Å². The first-order chi connectivity index (χ1) is 4.61. The highest BCUT2D eigenvalue weighted by Gasteiger charge is 2.56. The van der Waals surface area contributed by atoms with Crippen LogP contribution in [-0.2, 0) is 4.79 Å². The third-order valence-corrected chi connectivity index (χ3v) is 2.19. The number of aliphatic carboxylic acids is 1. The van der Waals surface area contributed by atoms with Crippen molar-refractivity contribution < 1.29 is 9.90 Å². The molecule has 0 aromatic rings. The molecule has 0 bridgehead atoms. The van der Waals surface area contributed by atoms with E-state index < -0.39 is 11.5 Å². The number of carbonyl (C=O) groups is 1. The van der Waals surface area contributed by atoms with E-state index in [2.05, 4.69) is 0 Å². The minimum Gasteiger partial charge on any atom is -0.480 e. The predicted octanol–water partition coefficient (Wildman–Crippen LogP) is 0.588. The van der Waals surface area contributed by atoms with Gasteiger partial charge in [0.1, 0.15) is 5.54 Å². The van der Waals surface area contributed by atoms with Crippen molar-refractivity contribution in [1.29, 1.82) is 0 Å². The smallest absolute Gasteiger partial charge is 0.323 e. The summed E-state index contributed by atoms with van der Waals surface area (Å²) in [4.78, 5) is 10.4. The summed E-state index contributed by atoms with van der Waals surface area (Å²) < 4.78 is 0. The zero-order valence-electron chi connectivity index (χ0n) is 6.13. The number of hydrogen-bond donors (Lipinski definition) is 2. The number of carboxylic acid groups (broad SMARTS) is 1. The molecule has 3 nitrogen and oxygen atoms in total. The van der Waals surface area contributed by atoms with Crippen molar-refractivity contribution in [3.8, 4) is 0 Å². The molecule has 0 aromatic heterocycles. The van der Waals surface area contributed by atoms with Gasteiger partial charge in [0.25, 0.3) is 0 Å². The summed E-state index contributed by atoms with van der Waals surface area (Å²) in [6.07, 6.45) is 2.63. The van der Waals surface area contributed by atoms with Gasteiger partial charge in [0.05, 0.1) is 0 Å². The van der Waals surface area contributed by atoms with E-state index in [-0.39, 0.29) is 5.92 Å². The van der Waals surface area contributed by atoms with Crippen LogP contribution in [0.25, 0.3) is 0 Å². The molecule has 2 unspecified atom stereocenters. The van der Waals surface area contributed by atoms with Crippen LogP contribution in [0.5, 0.6) is 0 Å². The predicted molar refractivity (Wildman–Crippen MR) is 37.6 cm³/mol. The van der Waals surface area contributed by atoms with Crippen molar-refractivity contribution in [3.05, 3.63) is 0 Å². The Morgan fingerprint density at radius 1 is 1.90 bits per heavy atom. The van der Waals surface area contributed by atoms with Gasteiger partial charge in [0.2, 0.25) is 0 Å². The minimum absolute atomic E-state index is 0.231. The number of nitrogens with two attached hydrogens (primary N) is 1. The fourth-order valence-corrected chi connectivity index (χ4v) is 1.32. The van der Waals surface area contributed by atoms with Crippen molar-refractivity contribution >= 4 is 5.97 Å². The highest BCUT2D eigenvalue weighted by Crippen LogP contribution is 2.44. The highest BCUT2D eigenvalue weighted by atomic mass is 16.4. The molecule has 0 saturated heterocycles. The number of rotatable bonds is 3. The molecule has 1 rings (SSSR count). The summed E-state index contributed by atoms with van der Waals surface area (Å²) in [5.41, 5.74) is 4.66. The maximum atomic E-state index is 10.4. The summed E-state index contributed by atoms with van der Waals surface area (Å²) in [7, 11) is 0. The molecule has 0 aliphatic heterocycles. The standard InChI is InChI=1S/C7H13NO2/c1-2-3-5-4-7(5,8)6(9)10/h5H,2-4,8H2,1H3,(H,9,10). The van der Waals surface area contributed by atoms with E-state index in [0.29, 0.717) is 6.42 Å². The third kappa shape index (κ3) is 1.01. The molecule has 58 valence electrons. The van der Waals surface area contributed by atoms with Gasteiger partial charge < -0.3 is 10.8 Å². The molecule has 0 aromatic carbocycles. The Kier molecular flexibility index (Phi) is 1.68. The molecule has 3 heteroatoms. The summed E-state index contributed by atoms with van der Waals surface area (Å²) in [6.45, 7) is 2.04. The quantitative estimate of drug-likeness (QED) is 0.607. The van der Waals surface area contributed by atoms with Crippen LogP contribution in [0, 0.1) is 5.92 Å². The Morgan fingerprint density at radius 3 is 2.80 bits per heavy atom. The Hall–Kier alpha value is -0.570. The second-order valence-electron chi connectivity index (χ2n) is 3.04. The van der Waals surface area contributed by atoms with Crippen LogP contribution >= 0.6 is 0 Å².